The summed E-state index contributed by atoms with van der Waals surface area (Å²) >= 11 is 27.8. The Balaban J connectivity index is 3.21. The number of alkyl halides is 2. The van der Waals surface area contributed by atoms with Gasteiger partial charge in [-0.25, -0.2) is 0 Å². The monoisotopic (exact) mass is 272 g/mol. The Morgan fingerprint density at radius 2 is 1.70 bits per heavy atom. The second kappa shape index (κ2) is 5.52. The average molecular weight is 275 g/mol. The second-order valence-corrected chi connectivity index (χ2v) is 14.2. The van der Waals surface area contributed by atoms with Crippen molar-refractivity contribution < 1.29 is 0 Å². The van der Waals surface area contributed by atoms with Gasteiger partial charge in [0.05, 0.1) is 14.0 Å². The Kier molecular flexibility index (Phi) is 6.55. The molecule has 0 saturated carbocycles. The first-order valence-electron chi connectivity index (χ1n) is 2.50. The van der Waals surface area contributed by atoms with E-state index in [1.54, 1.807) is 0 Å². The second-order valence-electron chi connectivity index (χ2n) is 1.62. The maximum atomic E-state index is 5.60. The summed E-state index contributed by atoms with van der Waals surface area (Å²) in [6, 6.07) is -0.953. The molecule has 2 radical (unpaired) electrons. The van der Waals surface area contributed by atoms with Crippen LogP contribution in [-0.2, 0) is 0 Å². The minimum absolute atomic E-state index is 0.304. The van der Waals surface area contributed by atoms with Crippen LogP contribution in [0.15, 0.2) is 0 Å². The number of hydrogen-bond donors (Lipinski definition) is 0. The molecule has 0 aliphatic heterocycles. The lowest BCUT2D eigenvalue weighted by Crippen LogP contribution is -2.11. The molecule has 0 nitrogen and oxygen atoms in total. The zero-order chi connectivity index (χ0) is 8.20. The smallest absolute Gasteiger partial charge is 0.126 e. The summed E-state index contributed by atoms with van der Waals surface area (Å²) in [5, 5.41) is 0. The summed E-state index contributed by atoms with van der Waals surface area (Å²) in [4.78, 5) is 0. The van der Waals surface area contributed by atoms with Gasteiger partial charge in [0.2, 0.25) is 0 Å². The Morgan fingerprint density at radius 1 is 1.20 bits per heavy atom. The zero-order valence-corrected chi connectivity index (χ0v) is 10.7. The normalized spacial score (nSPS) is 12.6. The van der Waals surface area contributed by atoms with Gasteiger partial charge in [-0.15, -0.1) is 56.4 Å². The van der Waals surface area contributed by atoms with Crippen LogP contribution in [0, 0.1) is 0 Å². The van der Waals surface area contributed by atoms with E-state index in [1.165, 1.54) is 0 Å². The zero-order valence-electron chi connectivity index (χ0n) is 4.88. The van der Waals surface area contributed by atoms with Crippen molar-refractivity contribution in [3.63, 3.8) is 0 Å². The van der Waals surface area contributed by atoms with Crippen LogP contribution >= 0.6 is 56.4 Å². The SMILES string of the molecule is ClC(Cl)[Si]CC[Si](Cl)(Cl)Cl. The molecule has 0 amide bonds. The molecule has 0 aliphatic carbocycles. The largest absolute Gasteiger partial charge is 0.341 e. The molecule has 60 valence electrons. The molecule has 0 aromatic heterocycles. The minimum Gasteiger partial charge on any atom is -0.126 e. The molecule has 0 aromatic rings. The van der Waals surface area contributed by atoms with Gasteiger partial charge in [-0.2, -0.15) is 0 Å². The molecule has 0 aromatic carbocycles. The molecule has 0 fully saturated rings. The number of halogens is 5. The fourth-order valence-electron chi connectivity index (χ4n) is 0.323. The summed E-state index contributed by atoms with van der Waals surface area (Å²) in [6.45, 7) is 0. The highest BCUT2D eigenvalue weighted by molar-refractivity contribution is 7.64. The molecule has 0 bridgehead atoms. The van der Waals surface area contributed by atoms with Crippen molar-refractivity contribution in [1.82, 2.24) is 0 Å². The Labute approximate surface area is 88.1 Å². The van der Waals surface area contributed by atoms with Crippen LogP contribution in [-0.4, -0.2) is 20.0 Å². The van der Waals surface area contributed by atoms with Gasteiger partial charge in [0.15, 0.2) is 0 Å². The van der Waals surface area contributed by atoms with E-state index in [0.29, 0.717) is 15.6 Å². The highest BCUT2D eigenvalue weighted by Crippen LogP contribution is 2.26. The van der Waals surface area contributed by atoms with Crippen LogP contribution in [0.5, 0.6) is 0 Å². The van der Waals surface area contributed by atoms with E-state index in [0.717, 1.165) is 6.04 Å². The third-order valence-electron chi connectivity index (χ3n) is 0.707. The van der Waals surface area contributed by atoms with Crippen LogP contribution in [0.3, 0.4) is 0 Å². The van der Waals surface area contributed by atoms with Gasteiger partial charge < -0.3 is 0 Å². The van der Waals surface area contributed by atoms with Gasteiger partial charge >= 0.3 is 6.00 Å². The van der Waals surface area contributed by atoms with Crippen molar-refractivity contribution in [2.75, 3.05) is 0 Å². The van der Waals surface area contributed by atoms with Gasteiger partial charge in [0, 0.05) is 0 Å². The maximum absolute atomic E-state index is 5.60. The maximum Gasteiger partial charge on any atom is 0.341 e. The van der Waals surface area contributed by atoms with Gasteiger partial charge in [0.1, 0.15) is 0 Å². The molecule has 10 heavy (non-hydrogen) atoms. The predicted molar refractivity (Wildman–Crippen MR) is 54.2 cm³/mol. The Hall–Kier alpha value is 1.88. The van der Waals surface area contributed by atoms with Gasteiger partial charge in [-0.1, -0.05) is 6.04 Å². The highest BCUT2D eigenvalue weighted by atomic mass is 35.8. The molecular weight excluding hydrogens is 269 g/mol. The molecule has 0 saturated heterocycles. The number of hydrogen-bond acceptors (Lipinski definition) is 0. The lowest BCUT2D eigenvalue weighted by molar-refractivity contribution is 1.40. The molecular formula is C3H5Cl5Si2. The molecule has 0 N–H and O–H groups in total. The van der Waals surface area contributed by atoms with E-state index in [2.05, 4.69) is 0 Å². The Morgan fingerprint density at radius 3 is 2.00 bits per heavy atom. The van der Waals surface area contributed by atoms with Crippen molar-refractivity contribution in [2.45, 2.75) is 16.5 Å². The van der Waals surface area contributed by atoms with Gasteiger partial charge in [-0.05, 0) is 6.04 Å². The molecule has 0 atom stereocenters. The van der Waals surface area contributed by atoms with E-state index in [4.69, 9.17) is 56.4 Å². The van der Waals surface area contributed by atoms with Crippen LogP contribution < -0.4 is 0 Å². The Bertz CT molecular complexity index is 89.4. The van der Waals surface area contributed by atoms with Crippen molar-refractivity contribution in [2.24, 2.45) is 0 Å². The summed E-state index contributed by atoms with van der Waals surface area (Å²) in [6.07, 6.45) is 0. The third-order valence-corrected chi connectivity index (χ3v) is 5.50. The predicted octanol–water partition coefficient (Wildman–Crippen LogP) is 3.53. The average Bonchev–Trinajstić information content (AvgIpc) is 1.59. The molecule has 0 heterocycles. The standard InChI is InChI=1S/C3H5Cl5Si2/c4-3(5)9-1-2-10(6,7)8/h3H,1-2H2. The van der Waals surface area contributed by atoms with Crippen molar-refractivity contribution >= 4 is 72.0 Å². The summed E-state index contributed by atoms with van der Waals surface area (Å²) < 4.78 is -0.304. The van der Waals surface area contributed by atoms with E-state index in [9.17, 15) is 0 Å². The van der Waals surface area contributed by atoms with Crippen LogP contribution in [0.25, 0.3) is 0 Å². The topological polar surface area (TPSA) is 0 Å². The third kappa shape index (κ3) is 9.88. The summed E-state index contributed by atoms with van der Waals surface area (Å²) in [7, 11) is 0.474. The van der Waals surface area contributed by atoms with E-state index < -0.39 is 6.00 Å². The van der Waals surface area contributed by atoms with Crippen LogP contribution in [0.4, 0.5) is 0 Å². The summed E-state index contributed by atoms with van der Waals surface area (Å²) in [5.41, 5.74) is 0. The van der Waals surface area contributed by atoms with Crippen molar-refractivity contribution in [1.29, 1.82) is 0 Å². The van der Waals surface area contributed by atoms with E-state index in [-0.39, 0.29) is 4.46 Å². The van der Waals surface area contributed by atoms with E-state index >= 15 is 0 Å². The van der Waals surface area contributed by atoms with Crippen molar-refractivity contribution in [3.05, 3.63) is 0 Å². The molecule has 0 aliphatic rings. The first-order valence-corrected chi connectivity index (χ1v) is 9.90. The van der Waals surface area contributed by atoms with Crippen LogP contribution in [0.1, 0.15) is 0 Å². The molecule has 0 spiro atoms. The first-order chi connectivity index (χ1) is 4.42. The molecule has 7 heteroatoms. The lowest BCUT2D eigenvalue weighted by Gasteiger charge is -2.05. The fourth-order valence-corrected chi connectivity index (χ4v) is 5.46. The minimum atomic E-state index is -2.42. The highest BCUT2D eigenvalue weighted by Gasteiger charge is 2.24. The fraction of sp³-hybridized carbons (Fsp3) is 1.00. The summed E-state index contributed by atoms with van der Waals surface area (Å²) in [5.74, 6) is 0. The molecule has 0 rings (SSSR count). The quantitative estimate of drug-likeness (QED) is 0.418. The van der Waals surface area contributed by atoms with Crippen LogP contribution in [0.2, 0.25) is 12.1 Å². The van der Waals surface area contributed by atoms with E-state index in [1.807, 2.05) is 0 Å². The number of rotatable bonds is 4. The van der Waals surface area contributed by atoms with Gasteiger partial charge in [-0.3, -0.25) is 0 Å². The van der Waals surface area contributed by atoms with Crippen molar-refractivity contribution in [3.8, 4) is 0 Å². The van der Waals surface area contributed by atoms with Gasteiger partial charge in [0.25, 0.3) is 0 Å². The lowest BCUT2D eigenvalue weighted by atomic mass is 11.0. The molecule has 0 unspecified atom stereocenters. The first kappa shape index (κ1) is 11.9.